The van der Waals surface area contributed by atoms with Gasteiger partial charge in [-0.2, -0.15) is 4.31 Å². The van der Waals surface area contributed by atoms with Crippen LogP contribution in [0.4, 0.5) is 8.78 Å². The van der Waals surface area contributed by atoms with E-state index in [9.17, 15) is 26.8 Å². The SMILES string of the molecule is CC(C)N1CC2N(C(=O)CCN2S(=O)(=O)c2ccc(F)cc2F)C(Cc2ccc(Cl)cc2)C1=O. The summed E-state index contributed by atoms with van der Waals surface area (Å²) < 4.78 is 55.8. The second-order valence-electron chi connectivity index (χ2n) is 8.65. The number of hydrogen-bond acceptors (Lipinski definition) is 4. The molecule has 2 fully saturated rings. The smallest absolute Gasteiger partial charge is 0.247 e. The number of benzene rings is 2. The Labute approximate surface area is 201 Å². The van der Waals surface area contributed by atoms with Gasteiger partial charge in [0.2, 0.25) is 21.8 Å². The lowest BCUT2D eigenvalue weighted by Crippen LogP contribution is -2.72. The fraction of sp³-hybridized carbons (Fsp3) is 0.391. The highest BCUT2D eigenvalue weighted by Gasteiger charge is 2.51. The Morgan fingerprint density at radius 1 is 1.09 bits per heavy atom. The number of nitrogens with zero attached hydrogens (tertiary/aromatic N) is 3. The number of piperazine rings is 1. The second kappa shape index (κ2) is 9.24. The Balaban J connectivity index is 1.76. The summed E-state index contributed by atoms with van der Waals surface area (Å²) in [6.07, 6.45) is -1.02. The van der Waals surface area contributed by atoms with Gasteiger partial charge < -0.3 is 9.80 Å². The van der Waals surface area contributed by atoms with Crippen LogP contribution in [0.25, 0.3) is 0 Å². The summed E-state index contributed by atoms with van der Waals surface area (Å²) in [5.74, 6) is -2.76. The molecule has 2 atom stereocenters. The van der Waals surface area contributed by atoms with Gasteiger partial charge in [0.25, 0.3) is 0 Å². The summed E-state index contributed by atoms with van der Waals surface area (Å²) in [4.78, 5) is 28.6. The van der Waals surface area contributed by atoms with Crippen molar-refractivity contribution in [2.24, 2.45) is 0 Å². The number of sulfonamides is 1. The van der Waals surface area contributed by atoms with Crippen molar-refractivity contribution in [3.8, 4) is 0 Å². The molecule has 7 nitrogen and oxygen atoms in total. The third-order valence-electron chi connectivity index (χ3n) is 6.20. The van der Waals surface area contributed by atoms with Crippen LogP contribution in [0.15, 0.2) is 47.4 Å². The first kappa shape index (κ1) is 24.6. The number of halogens is 3. The average molecular weight is 512 g/mol. The monoisotopic (exact) mass is 511 g/mol. The predicted molar refractivity (Wildman–Crippen MR) is 121 cm³/mol. The van der Waals surface area contributed by atoms with Gasteiger partial charge in [0.05, 0.1) is 6.54 Å². The molecule has 4 rings (SSSR count). The van der Waals surface area contributed by atoms with Gasteiger partial charge in [-0.05, 0) is 43.7 Å². The fourth-order valence-corrected chi connectivity index (χ4v) is 6.26. The minimum absolute atomic E-state index is 0.0542. The molecule has 34 heavy (non-hydrogen) atoms. The molecule has 0 aliphatic carbocycles. The van der Waals surface area contributed by atoms with Gasteiger partial charge in [0.1, 0.15) is 28.7 Å². The van der Waals surface area contributed by atoms with Crippen LogP contribution in [0.1, 0.15) is 25.8 Å². The molecule has 2 aliphatic heterocycles. The molecule has 2 saturated heterocycles. The molecule has 2 unspecified atom stereocenters. The Morgan fingerprint density at radius 2 is 1.76 bits per heavy atom. The van der Waals surface area contributed by atoms with Crippen LogP contribution in [0, 0.1) is 11.6 Å². The molecule has 0 radical (unpaired) electrons. The van der Waals surface area contributed by atoms with Gasteiger partial charge in [0, 0.05) is 36.5 Å². The van der Waals surface area contributed by atoms with Crippen molar-refractivity contribution in [3.63, 3.8) is 0 Å². The van der Waals surface area contributed by atoms with E-state index in [2.05, 4.69) is 0 Å². The van der Waals surface area contributed by atoms with E-state index in [1.807, 2.05) is 0 Å². The Hall–Kier alpha value is -2.56. The third kappa shape index (κ3) is 4.42. The molecule has 2 aromatic carbocycles. The van der Waals surface area contributed by atoms with Crippen LogP contribution in [0.2, 0.25) is 5.02 Å². The molecule has 2 aliphatic rings. The Bertz CT molecular complexity index is 1220. The Kier molecular flexibility index (Phi) is 6.67. The zero-order valence-corrected chi connectivity index (χ0v) is 20.2. The molecule has 2 amide bonds. The lowest BCUT2D eigenvalue weighted by Gasteiger charge is -2.52. The van der Waals surface area contributed by atoms with E-state index < -0.39 is 38.8 Å². The normalized spacial score (nSPS) is 21.8. The van der Waals surface area contributed by atoms with Crippen molar-refractivity contribution in [1.29, 1.82) is 0 Å². The van der Waals surface area contributed by atoms with E-state index >= 15 is 0 Å². The van der Waals surface area contributed by atoms with Crippen molar-refractivity contribution in [3.05, 3.63) is 64.7 Å². The minimum atomic E-state index is -4.43. The summed E-state index contributed by atoms with van der Waals surface area (Å²) in [7, 11) is -4.43. The van der Waals surface area contributed by atoms with Crippen LogP contribution in [-0.2, 0) is 26.0 Å². The summed E-state index contributed by atoms with van der Waals surface area (Å²) in [5, 5.41) is 0.521. The molecule has 0 spiro atoms. The van der Waals surface area contributed by atoms with Crippen molar-refractivity contribution in [2.45, 2.75) is 49.8 Å². The van der Waals surface area contributed by atoms with Gasteiger partial charge in [0.15, 0.2) is 0 Å². The van der Waals surface area contributed by atoms with Crippen LogP contribution in [0.3, 0.4) is 0 Å². The second-order valence-corrected chi connectivity index (χ2v) is 10.9. The number of fused-ring (bicyclic) bond motifs is 1. The van der Waals surface area contributed by atoms with Crippen molar-refractivity contribution >= 4 is 33.4 Å². The summed E-state index contributed by atoms with van der Waals surface area (Å²) in [6.45, 7) is 3.38. The molecule has 0 bridgehead atoms. The maximum atomic E-state index is 14.5. The number of carbonyl (C=O) groups is 2. The molecular weight excluding hydrogens is 488 g/mol. The lowest BCUT2D eigenvalue weighted by atomic mass is 9.97. The van der Waals surface area contributed by atoms with Gasteiger partial charge >= 0.3 is 0 Å². The third-order valence-corrected chi connectivity index (χ3v) is 8.38. The number of carbonyl (C=O) groups excluding carboxylic acids is 2. The first-order valence-corrected chi connectivity index (χ1v) is 12.7. The lowest BCUT2D eigenvalue weighted by molar-refractivity contribution is -0.166. The predicted octanol–water partition coefficient (Wildman–Crippen LogP) is 3.03. The highest BCUT2D eigenvalue weighted by Crippen LogP contribution is 2.33. The van der Waals surface area contributed by atoms with Gasteiger partial charge in [-0.25, -0.2) is 17.2 Å². The van der Waals surface area contributed by atoms with Crippen LogP contribution < -0.4 is 0 Å². The van der Waals surface area contributed by atoms with E-state index in [0.29, 0.717) is 11.1 Å². The van der Waals surface area contributed by atoms with Crippen LogP contribution in [-0.4, -0.2) is 65.7 Å². The van der Waals surface area contributed by atoms with Crippen LogP contribution in [0.5, 0.6) is 0 Å². The molecular formula is C23H24ClF2N3O4S. The quantitative estimate of drug-likeness (QED) is 0.618. The highest BCUT2D eigenvalue weighted by molar-refractivity contribution is 7.89. The molecule has 0 saturated carbocycles. The summed E-state index contributed by atoms with van der Waals surface area (Å²) >= 11 is 5.96. The molecule has 0 aromatic heterocycles. The van der Waals surface area contributed by atoms with Crippen LogP contribution >= 0.6 is 11.6 Å². The zero-order valence-electron chi connectivity index (χ0n) is 18.6. The standard InChI is InChI=1S/C23H24ClF2N3O4S/c1-14(2)27-13-21-28(34(32,33)20-8-7-17(25)12-18(20)26)10-9-22(30)29(21)19(23(27)31)11-15-3-5-16(24)6-4-15/h3-8,12,14,19,21H,9-11,13H2,1-2H3. The minimum Gasteiger partial charge on any atom is -0.335 e. The first-order valence-electron chi connectivity index (χ1n) is 10.8. The number of rotatable bonds is 5. The van der Waals surface area contributed by atoms with E-state index in [1.165, 1.54) is 9.80 Å². The largest absolute Gasteiger partial charge is 0.335 e. The average Bonchev–Trinajstić information content (AvgIpc) is 2.76. The van der Waals surface area contributed by atoms with Crippen molar-refractivity contribution in [2.75, 3.05) is 13.1 Å². The van der Waals surface area contributed by atoms with Gasteiger partial charge in [-0.1, -0.05) is 23.7 Å². The first-order chi connectivity index (χ1) is 16.0. The van der Waals surface area contributed by atoms with Gasteiger partial charge in [-0.15, -0.1) is 0 Å². The molecule has 11 heteroatoms. The Morgan fingerprint density at radius 3 is 2.38 bits per heavy atom. The zero-order chi connectivity index (χ0) is 24.8. The van der Waals surface area contributed by atoms with E-state index in [0.717, 1.165) is 22.0 Å². The molecule has 2 aromatic rings. The molecule has 0 N–H and O–H groups in total. The molecule has 182 valence electrons. The highest BCUT2D eigenvalue weighted by atomic mass is 35.5. The van der Waals surface area contributed by atoms with Crippen molar-refractivity contribution < 1.29 is 26.8 Å². The van der Waals surface area contributed by atoms with Gasteiger partial charge in [-0.3, -0.25) is 9.59 Å². The number of amides is 2. The maximum absolute atomic E-state index is 14.5. The topological polar surface area (TPSA) is 78.0 Å². The molecule has 2 heterocycles. The van der Waals surface area contributed by atoms with E-state index in [1.54, 1.807) is 38.1 Å². The van der Waals surface area contributed by atoms with E-state index in [4.69, 9.17) is 11.6 Å². The summed E-state index contributed by atoms with van der Waals surface area (Å²) in [5.41, 5.74) is 0.754. The number of hydrogen-bond donors (Lipinski definition) is 0. The van der Waals surface area contributed by atoms with E-state index in [-0.39, 0.29) is 43.8 Å². The summed E-state index contributed by atoms with van der Waals surface area (Å²) in [6, 6.07) is 7.90. The maximum Gasteiger partial charge on any atom is 0.247 e. The fourth-order valence-electron chi connectivity index (χ4n) is 4.51. The van der Waals surface area contributed by atoms with Crippen molar-refractivity contribution in [1.82, 2.24) is 14.1 Å².